The first-order valence-corrected chi connectivity index (χ1v) is 7.28. The minimum absolute atomic E-state index is 0.108. The van der Waals surface area contributed by atoms with E-state index in [-0.39, 0.29) is 5.78 Å². The third-order valence-electron chi connectivity index (χ3n) is 4.55. The van der Waals surface area contributed by atoms with E-state index >= 15 is 0 Å². The Bertz CT molecular complexity index is 503. The van der Waals surface area contributed by atoms with Crippen molar-refractivity contribution in [1.29, 1.82) is 0 Å². The van der Waals surface area contributed by atoms with E-state index < -0.39 is 0 Å². The number of rotatable bonds is 4. The molecule has 2 aliphatic heterocycles. The normalized spacial score (nSPS) is 25.7. The number of nitrogens with zero attached hydrogens (tertiary/aromatic N) is 1. The van der Waals surface area contributed by atoms with Gasteiger partial charge in [-0.2, -0.15) is 0 Å². The Kier molecular flexibility index (Phi) is 3.76. The quantitative estimate of drug-likeness (QED) is 0.846. The van der Waals surface area contributed by atoms with Crippen LogP contribution < -0.4 is 10.1 Å². The van der Waals surface area contributed by atoms with E-state index in [0.717, 1.165) is 61.4 Å². The second-order valence-corrected chi connectivity index (χ2v) is 5.96. The SMILES string of the molecule is COc1ccc(C(C)=O)cc1CN1CC2CNCC2C1. The van der Waals surface area contributed by atoms with Crippen molar-refractivity contribution >= 4 is 5.78 Å². The lowest BCUT2D eigenvalue weighted by Crippen LogP contribution is -2.25. The second-order valence-electron chi connectivity index (χ2n) is 5.96. The molecule has 108 valence electrons. The molecule has 0 radical (unpaired) electrons. The summed E-state index contributed by atoms with van der Waals surface area (Å²) in [6, 6.07) is 5.73. The molecule has 0 bridgehead atoms. The fraction of sp³-hybridized carbons (Fsp3) is 0.562. The average molecular weight is 274 g/mol. The number of hydrogen-bond acceptors (Lipinski definition) is 4. The topological polar surface area (TPSA) is 41.6 Å². The number of ketones is 1. The van der Waals surface area contributed by atoms with Gasteiger partial charge in [0.1, 0.15) is 5.75 Å². The highest BCUT2D eigenvalue weighted by atomic mass is 16.5. The van der Waals surface area contributed by atoms with Crippen LogP contribution in [0.2, 0.25) is 0 Å². The fourth-order valence-electron chi connectivity index (χ4n) is 3.44. The number of likely N-dealkylation sites (tertiary alicyclic amines) is 1. The number of fused-ring (bicyclic) bond motifs is 1. The predicted octanol–water partition coefficient (Wildman–Crippen LogP) is 1.55. The summed E-state index contributed by atoms with van der Waals surface area (Å²) in [5.41, 5.74) is 1.88. The zero-order valence-electron chi connectivity index (χ0n) is 12.2. The predicted molar refractivity (Wildman–Crippen MR) is 78.1 cm³/mol. The molecule has 2 aliphatic rings. The van der Waals surface area contributed by atoms with Gasteiger partial charge in [0, 0.05) is 30.8 Å². The smallest absolute Gasteiger partial charge is 0.159 e. The van der Waals surface area contributed by atoms with Crippen LogP contribution in [0.25, 0.3) is 0 Å². The number of methoxy groups -OCH3 is 1. The third kappa shape index (κ3) is 2.58. The molecule has 20 heavy (non-hydrogen) atoms. The molecule has 0 aromatic heterocycles. The van der Waals surface area contributed by atoms with Gasteiger partial charge in [-0.3, -0.25) is 9.69 Å². The van der Waals surface area contributed by atoms with Crippen LogP contribution in [0.1, 0.15) is 22.8 Å². The maximum atomic E-state index is 11.5. The van der Waals surface area contributed by atoms with Crippen LogP contribution in [0, 0.1) is 11.8 Å². The molecule has 0 saturated carbocycles. The van der Waals surface area contributed by atoms with Gasteiger partial charge >= 0.3 is 0 Å². The van der Waals surface area contributed by atoms with Gasteiger partial charge in [-0.15, -0.1) is 0 Å². The Hall–Kier alpha value is -1.39. The first-order chi connectivity index (χ1) is 9.67. The molecule has 2 fully saturated rings. The minimum Gasteiger partial charge on any atom is -0.496 e. The number of carbonyl (C=O) groups excluding carboxylic acids is 1. The van der Waals surface area contributed by atoms with E-state index in [1.807, 2.05) is 18.2 Å². The third-order valence-corrected chi connectivity index (χ3v) is 4.55. The highest BCUT2D eigenvalue weighted by molar-refractivity contribution is 5.94. The molecule has 0 aliphatic carbocycles. The molecule has 0 amide bonds. The minimum atomic E-state index is 0.108. The van der Waals surface area contributed by atoms with Crippen molar-refractivity contribution in [3.63, 3.8) is 0 Å². The zero-order chi connectivity index (χ0) is 14.1. The van der Waals surface area contributed by atoms with Gasteiger partial charge in [0.15, 0.2) is 5.78 Å². The number of nitrogens with one attached hydrogen (secondary N) is 1. The lowest BCUT2D eigenvalue weighted by molar-refractivity contribution is 0.101. The number of carbonyl (C=O) groups is 1. The summed E-state index contributed by atoms with van der Waals surface area (Å²) in [7, 11) is 1.69. The van der Waals surface area contributed by atoms with Crippen LogP contribution in [0.15, 0.2) is 18.2 Å². The van der Waals surface area contributed by atoms with E-state index in [1.165, 1.54) is 0 Å². The highest BCUT2D eigenvalue weighted by Gasteiger charge is 2.36. The van der Waals surface area contributed by atoms with Crippen LogP contribution in [0.4, 0.5) is 0 Å². The summed E-state index contributed by atoms with van der Waals surface area (Å²) in [5, 5.41) is 3.46. The molecule has 2 saturated heterocycles. The van der Waals surface area contributed by atoms with E-state index in [0.29, 0.717) is 0 Å². The van der Waals surface area contributed by atoms with Gasteiger partial charge in [-0.05, 0) is 50.0 Å². The summed E-state index contributed by atoms with van der Waals surface area (Å²) >= 11 is 0. The van der Waals surface area contributed by atoms with Crippen LogP contribution in [0.5, 0.6) is 5.75 Å². The molecule has 2 atom stereocenters. The van der Waals surface area contributed by atoms with E-state index in [2.05, 4.69) is 10.2 Å². The van der Waals surface area contributed by atoms with Crippen molar-refractivity contribution in [2.75, 3.05) is 33.3 Å². The Morgan fingerprint density at radius 2 is 2.05 bits per heavy atom. The van der Waals surface area contributed by atoms with E-state index in [4.69, 9.17) is 4.74 Å². The van der Waals surface area contributed by atoms with Crippen molar-refractivity contribution in [3.05, 3.63) is 29.3 Å². The standard InChI is InChI=1S/C16H22N2O2/c1-11(19)12-3-4-16(20-2)13(5-12)8-18-9-14-6-17-7-15(14)10-18/h3-5,14-15,17H,6-10H2,1-2H3. The van der Waals surface area contributed by atoms with Crippen molar-refractivity contribution in [3.8, 4) is 5.75 Å². The van der Waals surface area contributed by atoms with Gasteiger partial charge in [-0.1, -0.05) is 0 Å². The molecule has 4 nitrogen and oxygen atoms in total. The van der Waals surface area contributed by atoms with Crippen molar-refractivity contribution in [2.24, 2.45) is 11.8 Å². The number of hydrogen-bond donors (Lipinski definition) is 1. The Morgan fingerprint density at radius 1 is 1.35 bits per heavy atom. The molecule has 3 rings (SSSR count). The monoisotopic (exact) mass is 274 g/mol. The second kappa shape index (κ2) is 5.54. The first-order valence-electron chi connectivity index (χ1n) is 7.28. The van der Waals surface area contributed by atoms with Gasteiger partial charge in [0.2, 0.25) is 0 Å². The molecule has 0 spiro atoms. The number of Topliss-reactive ketones (excluding diaryl/α,β-unsaturated/α-hetero) is 1. The van der Waals surface area contributed by atoms with Crippen LogP contribution in [-0.4, -0.2) is 44.0 Å². The first kappa shape index (κ1) is 13.6. The summed E-state index contributed by atoms with van der Waals surface area (Å²) in [4.78, 5) is 14.0. The van der Waals surface area contributed by atoms with Crippen molar-refractivity contribution in [2.45, 2.75) is 13.5 Å². The van der Waals surface area contributed by atoms with Gasteiger partial charge in [-0.25, -0.2) is 0 Å². The van der Waals surface area contributed by atoms with Crippen LogP contribution in [0.3, 0.4) is 0 Å². The van der Waals surface area contributed by atoms with Crippen LogP contribution in [-0.2, 0) is 6.54 Å². The Balaban J connectivity index is 1.76. The van der Waals surface area contributed by atoms with Crippen molar-refractivity contribution in [1.82, 2.24) is 10.2 Å². The average Bonchev–Trinajstić information content (AvgIpc) is 2.99. The molecule has 4 heteroatoms. The number of benzene rings is 1. The molecule has 1 N–H and O–H groups in total. The summed E-state index contributed by atoms with van der Waals surface area (Å²) < 4.78 is 5.43. The molecular formula is C16H22N2O2. The summed E-state index contributed by atoms with van der Waals surface area (Å²) in [6.07, 6.45) is 0. The van der Waals surface area contributed by atoms with E-state index in [9.17, 15) is 4.79 Å². The maximum Gasteiger partial charge on any atom is 0.159 e. The van der Waals surface area contributed by atoms with Crippen LogP contribution >= 0.6 is 0 Å². The lowest BCUT2D eigenvalue weighted by Gasteiger charge is -2.19. The lowest BCUT2D eigenvalue weighted by atomic mass is 10.0. The van der Waals surface area contributed by atoms with Crippen molar-refractivity contribution < 1.29 is 9.53 Å². The van der Waals surface area contributed by atoms with Gasteiger partial charge in [0.25, 0.3) is 0 Å². The maximum absolute atomic E-state index is 11.5. The number of ether oxygens (including phenoxy) is 1. The van der Waals surface area contributed by atoms with Gasteiger partial charge in [0.05, 0.1) is 7.11 Å². The Morgan fingerprint density at radius 3 is 2.65 bits per heavy atom. The molecule has 2 heterocycles. The molecule has 1 aromatic rings. The summed E-state index contributed by atoms with van der Waals surface area (Å²) in [5.74, 6) is 2.57. The zero-order valence-corrected chi connectivity index (χ0v) is 12.2. The Labute approximate surface area is 120 Å². The van der Waals surface area contributed by atoms with Gasteiger partial charge < -0.3 is 10.1 Å². The van der Waals surface area contributed by atoms with E-state index in [1.54, 1.807) is 14.0 Å². The molecular weight excluding hydrogens is 252 g/mol. The molecule has 2 unspecified atom stereocenters. The highest BCUT2D eigenvalue weighted by Crippen LogP contribution is 2.29. The molecule has 1 aromatic carbocycles. The summed E-state index contributed by atoms with van der Waals surface area (Å²) in [6.45, 7) is 7.06. The fourth-order valence-corrected chi connectivity index (χ4v) is 3.44. The largest absolute Gasteiger partial charge is 0.496 e.